The molecule has 0 fully saturated rings. The molecule has 2 heterocycles. The van der Waals surface area contributed by atoms with Crippen molar-refractivity contribution in [3.05, 3.63) is 46.4 Å². The maximum Gasteiger partial charge on any atom is 0.316 e. The Balaban J connectivity index is 2.11. The van der Waals surface area contributed by atoms with Crippen molar-refractivity contribution in [3.8, 4) is 6.01 Å². The van der Waals surface area contributed by atoms with Gasteiger partial charge in [0.05, 0.1) is 6.61 Å². The van der Waals surface area contributed by atoms with Crippen LogP contribution in [0.5, 0.6) is 6.01 Å². The zero-order valence-corrected chi connectivity index (χ0v) is 9.38. The van der Waals surface area contributed by atoms with E-state index in [0.717, 1.165) is 5.56 Å². The fourth-order valence-electron chi connectivity index (χ4n) is 1.33. The number of nitrogens with zero attached hydrogens (tertiary/aromatic N) is 3. The minimum atomic E-state index is -0.165. The fraction of sp³-hybridized carbons (Fsp3) is 0.273. The molecule has 6 nitrogen and oxygen atoms in total. The van der Waals surface area contributed by atoms with Crippen LogP contribution < -0.4 is 10.3 Å². The number of nitrogens with one attached hydrogen (secondary N) is 1. The highest BCUT2D eigenvalue weighted by atomic mass is 16.5. The number of aromatic amines is 1. The summed E-state index contributed by atoms with van der Waals surface area (Å²) in [6.45, 7) is 2.41. The molecule has 0 aliphatic heterocycles. The first kappa shape index (κ1) is 11.3. The summed E-state index contributed by atoms with van der Waals surface area (Å²) in [6.07, 6.45) is 5.28. The summed E-state index contributed by atoms with van der Waals surface area (Å²) in [6, 6.07) is 1.73. The average Bonchev–Trinajstić information content (AvgIpc) is 2.32. The van der Waals surface area contributed by atoms with Gasteiger partial charge < -0.3 is 9.72 Å². The van der Waals surface area contributed by atoms with E-state index in [1.54, 1.807) is 12.4 Å². The van der Waals surface area contributed by atoms with Crippen LogP contribution in [0.25, 0.3) is 0 Å². The average molecular weight is 232 g/mol. The summed E-state index contributed by atoms with van der Waals surface area (Å²) < 4.78 is 5.13. The van der Waals surface area contributed by atoms with Gasteiger partial charge in [-0.1, -0.05) is 0 Å². The SMILES string of the molecule is CCOc1ncc(Cc2nccc(=O)[nH]2)cn1. The third kappa shape index (κ3) is 3.10. The third-order valence-corrected chi connectivity index (χ3v) is 2.05. The highest BCUT2D eigenvalue weighted by Crippen LogP contribution is 2.05. The van der Waals surface area contributed by atoms with Crippen LogP contribution in [0.4, 0.5) is 0 Å². The molecule has 0 amide bonds. The molecule has 0 saturated heterocycles. The fourth-order valence-corrected chi connectivity index (χ4v) is 1.33. The predicted molar refractivity (Wildman–Crippen MR) is 60.9 cm³/mol. The first-order valence-corrected chi connectivity index (χ1v) is 5.26. The molecule has 0 spiro atoms. The van der Waals surface area contributed by atoms with E-state index < -0.39 is 0 Å². The second-order valence-corrected chi connectivity index (χ2v) is 3.36. The molecule has 6 heteroatoms. The Morgan fingerprint density at radius 3 is 2.71 bits per heavy atom. The highest BCUT2D eigenvalue weighted by Gasteiger charge is 2.01. The summed E-state index contributed by atoms with van der Waals surface area (Å²) in [4.78, 5) is 25.8. The van der Waals surface area contributed by atoms with E-state index in [4.69, 9.17) is 4.74 Å². The molecule has 17 heavy (non-hydrogen) atoms. The molecule has 0 aliphatic rings. The number of H-pyrrole nitrogens is 1. The standard InChI is InChI=1S/C11H12N4O2/c1-2-17-11-13-6-8(7-14-11)5-9-12-4-3-10(16)15-9/h3-4,6-7H,2,5H2,1H3,(H,12,15,16). The molecule has 0 atom stereocenters. The Labute approximate surface area is 97.7 Å². The third-order valence-electron chi connectivity index (χ3n) is 2.05. The lowest BCUT2D eigenvalue weighted by Gasteiger charge is -2.02. The van der Waals surface area contributed by atoms with Crippen LogP contribution in [-0.2, 0) is 6.42 Å². The van der Waals surface area contributed by atoms with Gasteiger partial charge in [0.2, 0.25) is 0 Å². The molecular weight excluding hydrogens is 220 g/mol. The number of aromatic nitrogens is 4. The van der Waals surface area contributed by atoms with Gasteiger partial charge in [-0.05, 0) is 12.5 Å². The number of rotatable bonds is 4. The lowest BCUT2D eigenvalue weighted by molar-refractivity contribution is 0.312. The van der Waals surface area contributed by atoms with Gasteiger partial charge in [0.1, 0.15) is 5.82 Å². The van der Waals surface area contributed by atoms with Gasteiger partial charge in [0.15, 0.2) is 0 Å². The van der Waals surface area contributed by atoms with Crippen LogP contribution in [0.15, 0.2) is 29.5 Å². The van der Waals surface area contributed by atoms with Crippen molar-refractivity contribution in [1.82, 2.24) is 19.9 Å². The Hall–Kier alpha value is -2.24. The number of hydrogen-bond acceptors (Lipinski definition) is 5. The smallest absolute Gasteiger partial charge is 0.316 e. The Morgan fingerprint density at radius 2 is 2.06 bits per heavy atom. The minimum absolute atomic E-state index is 0.165. The molecule has 0 aliphatic carbocycles. The van der Waals surface area contributed by atoms with Crippen molar-refractivity contribution in [3.63, 3.8) is 0 Å². The monoisotopic (exact) mass is 232 g/mol. The molecule has 0 aromatic carbocycles. The van der Waals surface area contributed by atoms with Crippen molar-refractivity contribution in [1.29, 1.82) is 0 Å². The van der Waals surface area contributed by atoms with Crippen LogP contribution in [-0.4, -0.2) is 26.5 Å². The molecule has 88 valence electrons. The van der Waals surface area contributed by atoms with Crippen LogP contribution in [0.1, 0.15) is 18.3 Å². The molecule has 1 N–H and O–H groups in total. The van der Waals surface area contributed by atoms with Crippen LogP contribution in [0.3, 0.4) is 0 Å². The molecule has 0 unspecified atom stereocenters. The Kier molecular flexibility index (Phi) is 3.44. The molecule has 0 radical (unpaired) electrons. The lowest BCUT2D eigenvalue weighted by atomic mass is 10.2. The topological polar surface area (TPSA) is 80.8 Å². The molecule has 2 aromatic heterocycles. The zero-order valence-electron chi connectivity index (χ0n) is 9.38. The van der Waals surface area contributed by atoms with Crippen molar-refractivity contribution < 1.29 is 4.74 Å². The first-order chi connectivity index (χ1) is 8.28. The molecule has 2 aromatic rings. The zero-order chi connectivity index (χ0) is 12.1. The highest BCUT2D eigenvalue weighted by molar-refractivity contribution is 5.12. The van der Waals surface area contributed by atoms with E-state index in [0.29, 0.717) is 24.9 Å². The normalized spacial score (nSPS) is 10.2. The van der Waals surface area contributed by atoms with Crippen LogP contribution >= 0.6 is 0 Å². The molecular formula is C11H12N4O2. The second kappa shape index (κ2) is 5.20. The van der Waals surface area contributed by atoms with Crippen molar-refractivity contribution in [2.45, 2.75) is 13.3 Å². The Bertz CT molecular complexity index is 536. The van der Waals surface area contributed by atoms with Gasteiger partial charge >= 0.3 is 6.01 Å². The van der Waals surface area contributed by atoms with Crippen molar-refractivity contribution >= 4 is 0 Å². The van der Waals surface area contributed by atoms with Gasteiger partial charge in [0.25, 0.3) is 5.56 Å². The predicted octanol–water partition coefficient (Wildman–Crippen LogP) is 0.549. The Morgan fingerprint density at radius 1 is 1.29 bits per heavy atom. The van der Waals surface area contributed by atoms with E-state index in [1.807, 2.05) is 6.92 Å². The summed E-state index contributed by atoms with van der Waals surface area (Å²) >= 11 is 0. The summed E-state index contributed by atoms with van der Waals surface area (Å²) in [5, 5.41) is 0. The molecule has 0 saturated carbocycles. The minimum Gasteiger partial charge on any atom is -0.464 e. The van der Waals surface area contributed by atoms with Crippen molar-refractivity contribution in [2.75, 3.05) is 6.61 Å². The van der Waals surface area contributed by atoms with Crippen LogP contribution in [0, 0.1) is 0 Å². The van der Waals surface area contributed by atoms with Crippen LogP contribution in [0.2, 0.25) is 0 Å². The van der Waals surface area contributed by atoms with Gasteiger partial charge in [-0.2, -0.15) is 0 Å². The maximum absolute atomic E-state index is 11.1. The largest absolute Gasteiger partial charge is 0.464 e. The molecule has 2 rings (SSSR count). The second-order valence-electron chi connectivity index (χ2n) is 3.36. The van der Waals surface area contributed by atoms with E-state index >= 15 is 0 Å². The van der Waals surface area contributed by atoms with E-state index in [-0.39, 0.29) is 5.56 Å². The van der Waals surface area contributed by atoms with E-state index in [9.17, 15) is 4.79 Å². The van der Waals surface area contributed by atoms with Gasteiger partial charge in [0, 0.05) is 31.1 Å². The van der Waals surface area contributed by atoms with E-state index in [1.165, 1.54) is 12.3 Å². The van der Waals surface area contributed by atoms with Gasteiger partial charge in [-0.15, -0.1) is 0 Å². The summed E-state index contributed by atoms with van der Waals surface area (Å²) in [7, 11) is 0. The summed E-state index contributed by atoms with van der Waals surface area (Å²) in [5.74, 6) is 0.588. The van der Waals surface area contributed by atoms with Gasteiger partial charge in [-0.3, -0.25) is 4.79 Å². The lowest BCUT2D eigenvalue weighted by Crippen LogP contribution is -2.09. The van der Waals surface area contributed by atoms with Crippen molar-refractivity contribution in [2.24, 2.45) is 0 Å². The number of hydrogen-bond donors (Lipinski definition) is 1. The number of ether oxygens (including phenoxy) is 1. The maximum atomic E-state index is 11.1. The van der Waals surface area contributed by atoms with E-state index in [2.05, 4.69) is 19.9 Å². The first-order valence-electron chi connectivity index (χ1n) is 5.26. The summed E-state index contributed by atoms with van der Waals surface area (Å²) in [5.41, 5.74) is 0.699. The molecule has 0 bridgehead atoms. The van der Waals surface area contributed by atoms with Gasteiger partial charge in [-0.25, -0.2) is 15.0 Å². The quantitative estimate of drug-likeness (QED) is 0.832.